The van der Waals surface area contributed by atoms with Crippen LogP contribution in [0.3, 0.4) is 0 Å². The second kappa shape index (κ2) is 8.65. The van der Waals surface area contributed by atoms with Crippen molar-refractivity contribution in [1.29, 1.82) is 5.26 Å². The first-order valence-corrected chi connectivity index (χ1v) is 9.46. The molecule has 1 heterocycles. The molecule has 1 fully saturated rings. The quantitative estimate of drug-likeness (QED) is 0.569. The van der Waals surface area contributed by atoms with Crippen molar-refractivity contribution in [2.24, 2.45) is 0 Å². The number of hydrogen-bond donors (Lipinski definition) is 2. The zero-order valence-corrected chi connectivity index (χ0v) is 15.5. The third kappa shape index (κ3) is 4.03. The molecule has 0 saturated heterocycles. The Morgan fingerprint density at radius 2 is 1.71 bits per heavy atom. The largest absolute Gasteiger partial charge is 0.353 e. The van der Waals surface area contributed by atoms with Crippen molar-refractivity contribution in [3.05, 3.63) is 34.9 Å². The van der Waals surface area contributed by atoms with Crippen molar-refractivity contribution < 1.29 is 19.2 Å². The molecule has 1 aliphatic heterocycles. The third-order valence-electron chi connectivity index (χ3n) is 5.09. The van der Waals surface area contributed by atoms with Gasteiger partial charge in [0.1, 0.15) is 6.42 Å². The molecule has 1 saturated carbocycles. The fourth-order valence-electron chi connectivity index (χ4n) is 3.69. The number of fused-ring (bicyclic) bond motifs is 1. The summed E-state index contributed by atoms with van der Waals surface area (Å²) in [7, 11) is 0. The standard InChI is InChI=1S/C20H22N4O4/c21-9-8-17(25)22-10-11-23-18(26)13-6-7-15-16(12-13)20(28)24(19(15)27)14-4-2-1-3-5-14/h6-7,12,14H,1-5,8,10-11H2,(H,22,25)(H,23,26). The Bertz CT molecular complexity index is 852. The van der Waals surface area contributed by atoms with Crippen molar-refractivity contribution >= 4 is 23.6 Å². The maximum Gasteiger partial charge on any atom is 0.261 e. The highest BCUT2D eigenvalue weighted by Crippen LogP contribution is 2.31. The van der Waals surface area contributed by atoms with Crippen LogP contribution in [0, 0.1) is 11.3 Å². The van der Waals surface area contributed by atoms with Crippen LogP contribution in [0.1, 0.15) is 69.6 Å². The Kier molecular flexibility index (Phi) is 6.04. The van der Waals surface area contributed by atoms with Gasteiger partial charge in [0.15, 0.2) is 0 Å². The van der Waals surface area contributed by atoms with Gasteiger partial charge in [-0.3, -0.25) is 24.1 Å². The zero-order chi connectivity index (χ0) is 20.1. The molecule has 2 aliphatic rings. The van der Waals surface area contributed by atoms with Gasteiger partial charge in [-0.2, -0.15) is 5.26 Å². The summed E-state index contributed by atoms with van der Waals surface area (Å²) in [6, 6.07) is 6.19. The van der Waals surface area contributed by atoms with Crippen LogP contribution in [0.5, 0.6) is 0 Å². The molecule has 0 spiro atoms. The first-order chi connectivity index (χ1) is 13.5. The number of carbonyl (C=O) groups excluding carboxylic acids is 4. The molecule has 0 radical (unpaired) electrons. The van der Waals surface area contributed by atoms with E-state index in [-0.39, 0.29) is 48.5 Å². The zero-order valence-electron chi connectivity index (χ0n) is 15.5. The summed E-state index contributed by atoms with van der Waals surface area (Å²) in [4.78, 5) is 50.3. The van der Waals surface area contributed by atoms with Crippen LogP contribution >= 0.6 is 0 Å². The number of amides is 4. The lowest BCUT2D eigenvalue weighted by molar-refractivity contribution is -0.120. The highest BCUT2D eigenvalue weighted by Gasteiger charge is 2.40. The first-order valence-electron chi connectivity index (χ1n) is 9.46. The molecule has 8 nitrogen and oxygen atoms in total. The molecule has 1 aliphatic carbocycles. The van der Waals surface area contributed by atoms with E-state index < -0.39 is 11.8 Å². The molecule has 0 bridgehead atoms. The molecule has 3 rings (SSSR count). The summed E-state index contributed by atoms with van der Waals surface area (Å²) < 4.78 is 0. The van der Waals surface area contributed by atoms with Crippen LogP contribution in [0.25, 0.3) is 0 Å². The molecule has 0 aromatic heterocycles. The van der Waals surface area contributed by atoms with Crippen LogP contribution in [-0.2, 0) is 4.79 Å². The van der Waals surface area contributed by atoms with E-state index in [0.29, 0.717) is 5.56 Å². The molecule has 8 heteroatoms. The van der Waals surface area contributed by atoms with E-state index in [1.807, 2.05) is 0 Å². The van der Waals surface area contributed by atoms with Gasteiger partial charge < -0.3 is 10.6 Å². The molecule has 2 N–H and O–H groups in total. The molecule has 1 aromatic rings. The van der Waals surface area contributed by atoms with Gasteiger partial charge >= 0.3 is 0 Å². The molecule has 0 unspecified atom stereocenters. The summed E-state index contributed by atoms with van der Waals surface area (Å²) in [5.74, 6) is -1.40. The van der Waals surface area contributed by atoms with Crippen molar-refractivity contribution in [1.82, 2.24) is 15.5 Å². The number of benzene rings is 1. The fourth-order valence-corrected chi connectivity index (χ4v) is 3.69. The Balaban J connectivity index is 1.63. The van der Waals surface area contributed by atoms with Gasteiger partial charge in [-0.05, 0) is 31.0 Å². The second-order valence-corrected chi connectivity index (χ2v) is 6.97. The molecule has 28 heavy (non-hydrogen) atoms. The van der Waals surface area contributed by atoms with Crippen molar-refractivity contribution in [3.63, 3.8) is 0 Å². The van der Waals surface area contributed by atoms with Crippen molar-refractivity contribution in [3.8, 4) is 6.07 Å². The molecular weight excluding hydrogens is 360 g/mol. The van der Waals surface area contributed by atoms with E-state index in [0.717, 1.165) is 32.1 Å². The number of carbonyl (C=O) groups is 4. The van der Waals surface area contributed by atoms with Crippen LogP contribution in [0.15, 0.2) is 18.2 Å². The minimum atomic E-state index is -0.402. The van der Waals surface area contributed by atoms with Crippen LogP contribution in [-0.4, -0.2) is 47.7 Å². The minimum absolute atomic E-state index is 0.0598. The van der Waals surface area contributed by atoms with E-state index in [2.05, 4.69) is 10.6 Å². The summed E-state index contributed by atoms with van der Waals surface area (Å²) in [5.41, 5.74) is 0.898. The molecule has 146 valence electrons. The Labute approximate surface area is 162 Å². The number of nitrogens with one attached hydrogen (secondary N) is 2. The SMILES string of the molecule is N#CCC(=O)NCCNC(=O)c1ccc2c(c1)C(=O)N(C1CCCCC1)C2=O. The lowest BCUT2D eigenvalue weighted by Crippen LogP contribution is -2.40. The highest BCUT2D eigenvalue weighted by molar-refractivity contribution is 6.22. The van der Waals surface area contributed by atoms with Gasteiger partial charge in [0, 0.05) is 24.7 Å². The molecule has 4 amide bonds. The summed E-state index contributed by atoms with van der Waals surface area (Å²) in [6.07, 6.45) is 4.58. The molecule has 0 atom stereocenters. The molecule has 1 aromatic carbocycles. The Morgan fingerprint density at radius 1 is 1.04 bits per heavy atom. The maximum atomic E-state index is 12.8. The normalized spacial score (nSPS) is 16.5. The minimum Gasteiger partial charge on any atom is -0.353 e. The number of nitriles is 1. The average molecular weight is 382 g/mol. The Hall–Kier alpha value is -3.21. The summed E-state index contributed by atoms with van der Waals surface area (Å²) in [5, 5.41) is 13.6. The third-order valence-corrected chi connectivity index (χ3v) is 5.09. The topological polar surface area (TPSA) is 119 Å². The number of imide groups is 1. The summed E-state index contributed by atoms with van der Waals surface area (Å²) in [6.45, 7) is 0.387. The van der Waals surface area contributed by atoms with E-state index >= 15 is 0 Å². The molecular formula is C20H22N4O4. The predicted molar refractivity (Wildman–Crippen MR) is 99.4 cm³/mol. The van der Waals surface area contributed by atoms with E-state index in [9.17, 15) is 19.2 Å². The van der Waals surface area contributed by atoms with Crippen LogP contribution in [0.4, 0.5) is 0 Å². The van der Waals surface area contributed by atoms with Gasteiger partial charge in [-0.15, -0.1) is 0 Å². The average Bonchev–Trinajstić information content (AvgIpc) is 2.96. The summed E-state index contributed by atoms with van der Waals surface area (Å²) >= 11 is 0. The van der Waals surface area contributed by atoms with Crippen LogP contribution < -0.4 is 10.6 Å². The lowest BCUT2D eigenvalue weighted by Gasteiger charge is -2.29. The van der Waals surface area contributed by atoms with Gasteiger partial charge in [-0.25, -0.2) is 0 Å². The highest BCUT2D eigenvalue weighted by atomic mass is 16.2. The first kappa shape index (κ1) is 19.5. The fraction of sp³-hybridized carbons (Fsp3) is 0.450. The van der Waals surface area contributed by atoms with Crippen molar-refractivity contribution in [2.75, 3.05) is 13.1 Å². The number of hydrogen-bond acceptors (Lipinski definition) is 5. The van der Waals surface area contributed by atoms with Crippen molar-refractivity contribution in [2.45, 2.75) is 44.6 Å². The van der Waals surface area contributed by atoms with E-state index in [4.69, 9.17) is 5.26 Å². The number of nitrogens with zero attached hydrogens (tertiary/aromatic N) is 2. The van der Waals surface area contributed by atoms with Gasteiger partial charge in [0.25, 0.3) is 17.7 Å². The van der Waals surface area contributed by atoms with E-state index in [1.165, 1.54) is 23.1 Å². The van der Waals surface area contributed by atoms with Gasteiger partial charge in [0.05, 0.1) is 17.2 Å². The monoisotopic (exact) mass is 382 g/mol. The lowest BCUT2D eigenvalue weighted by atomic mass is 9.94. The number of rotatable bonds is 6. The van der Waals surface area contributed by atoms with Gasteiger partial charge in [-0.1, -0.05) is 19.3 Å². The van der Waals surface area contributed by atoms with E-state index in [1.54, 1.807) is 6.07 Å². The Morgan fingerprint density at radius 3 is 2.43 bits per heavy atom. The van der Waals surface area contributed by atoms with Crippen LogP contribution in [0.2, 0.25) is 0 Å². The predicted octanol–water partition coefficient (Wildman–Crippen LogP) is 1.37. The second-order valence-electron chi connectivity index (χ2n) is 6.97. The van der Waals surface area contributed by atoms with Gasteiger partial charge in [0.2, 0.25) is 5.91 Å². The maximum absolute atomic E-state index is 12.8. The smallest absolute Gasteiger partial charge is 0.261 e.